The standard InChI is InChI=1S/C20H34O3/c1-6-7-18(21)19(22)10-8-16-9-11-20(23-13-14(2)3)17(12-16)15(4)5/h9,11-12,14-15,18-19,21-22H,6-8,10,13H2,1-5H3. The van der Waals surface area contributed by atoms with Gasteiger partial charge in [0.25, 0.3) is 0 Å². The topological polar surface area (TPSA) is 49.7 Å². The van der Waals surface area contributed by atoms with Crippen LogP contribution in [-0.4, -0.2) is 29.0 Å². The van der Waals surface area contributed by atoms with E-state index in [1.54, 1.807) is 0 Å². The summed E-state index contributed by atoms with van der Waals surface area (Å²) in [6, 6.07) is 6.29. The Morgan fingerprint density at radius 2 is 1.65 bits per heavy atom. The number of benzene rings is 1. The first-order valence-electron chi connectivity index (χ1n) is 8.96. The van der Waals surface area contributed by atoms with Crippen molar-refractivity contribution < 1.29 is 14.9 Å². The van der Waals surface area contributed by atoms with Crippen molar-refractivity contribution in [2.24, 2.45) is 5.92 Å². The van der Waals surface area contributed by atoms with Crippen LogP contribution in [0, 0.1) is 5.92 Å². The van der Waals surface area contributed by atoms with Crippen molar-refractivity contribution >= 4 is 0 Å². The molecular weight excluding hydrogens is 288 g/mol. The molecule has 2 atom stereocenters. The number of aryl methyl sites for hydroxylation is 1. The maximum absolute atomic E-state index is 10.0. The van der Waals surface area contributed by atoms with E-state index < -0.39 is 12.2 Å². The molecule has 3 heteroatoms. The second-order valence-electron chi connectivity index (χ2n) is 7.19. The van der Waals surface area contributed by atoms with Crippen molar-refractivity contribution in [3.8, 4) is 5.75 Å². The maximum Gasteiger partial charge on any atom is 0.122 e. The number of hydrogen-bond acceptors (Lipinski definition) is 3. The van der Waals surface area contributed by atoms with E-state index in [1.165, 1.54) is 11.1 Å². The molecule has 2 N–H and O–H groups in total. The van der Waals surface area contributed by atoms with Gasteiger partial charge in [0.05, 0.1) is 18.8 Å². The molecular formula is C20H34O3. The molecule has 23 heavy (non-hydrogen) atoms. The van der Waals surface area contributed by atoms with E-state index in [0.29, 0.717) is 24.7 Å². The molecule has 0 saturated heterocycles. The highest BCUT2D eigenvalue weighted by atomic mass is 16.5. The van der Waals surface area contributed by atoms with Crippen molar-refractivity contribution in [3.05, 3.63) is 29.3 Å². The predicted molar refractivity (Wildman–Crippen MR) is 96.1 cm³/mol. The average molecular weight is 322 g/mol. The largest absolute Gasteiger partial charge is 0.493 e. The third-order valence-corrected chi connectivity index (χ3v) is 4.03. The summed E-state index contributed by atoms with van der Waals surface area (Å²) in [6.45, 7) is 11.4. The normalized spacial score (nSPS) is 14.3. The van der Waals surface area contributed by atoms with Gasteiger partial charge in [-0.25, -0.2) is 0 Å². The predicted octanol–water partition coefficient (Wildman–Crippen LogP) is 4.30. The molecule has 0 heterocycles. The van der Waals surface area contributed by atoms with E-state index in [0.717, 1.165) is 25.2 Å². The van der Waals surface area contributed by atoms with Crippen LogP contribution < -0.4 is 4.74 Å². The Bertz CT molecular complexity index is 454. The van der Waals surface area contributed by atoms with Crippen molar-refractivity contribution in [2.45, 2.75) is 78.4 Å². The van der Waals surface area contributed by atoms with Crippen LogP contribution in [0.4, 0.5) is 0 Å². The van der Waals surface area contributed by atoms with Crippen LogP contribution in [0.15, 0.2) is 18.2 Å². The third-order valence-electron chi connectivity index (χ3n) is 4.03. The Hall–Kier alpha value is -1.06. The summed E-state index contributed by atoms with van der Waals surface area (Å²) in [7, 11) is 0. The first-order chi connectivity index (χ1) is 10.8. The Kier molecular flexibility index (Phi) is 8.64. The lowest BCUT2D eigenvalue weighted by molar-refractivity contribution is 0.00980. The molecule has 3 nitrogen and oxygen atoms in total. The molecule has 0 bridgehead atoms. The number of rotatable bonds is 10. The van der Waals surface area contributed by atoms with Crippen LogP contribution in [0.3, 0.4) is 0 Å². The summed E-state index contributed by atoms with van der Waals surface area (Å²) < 4.78 is 5.92. The smallest absolute Gasteiger partial charge is 0.122 e. The van der Waals surface area contributed by atoms with Crippen LogP contribution in [0.2, 0.25) is 0 Å². The van der Waals surface area contributed by atoms with Crippen molar-refractivity contribution in [2.75, 3.05) is 6.61 Å². The van der Waals surface area contributed by atoms with Gasteiger partial charge in [-0.15, -0.1) is 0 Å². The molecule has 132 valence electrons. The molecule has 2 unspecified atom stereocenters. The minimum atomic E-state index is -0.644. The van der Waals surface area contributed by atoms with Gasteiger partial charge in [0.15, 0.2) is 0 Å². The van der Waals surface area contributed by atoms with E-state index in [4.69, 9.17) is 4.74 Å². The van der Waals surface area contributed by atoms with E-state index in [2.05, 4.69) is 39.8 Å². The van der Waals surface area contributed by atoms with E-state index in [-0.39, 0.29) is 0 Å². The fourth-order valence-electron chi connectivity index (χ4n) is 2.59. The Morgan fingerprint density at radius 3 is 2.22 bits per heavy atom. The van der Waals surface area contributed by atoms with Gasteiger partial charge in [-0.05, 0) is 48.3 Å². The van der Waals surface area contributed by atoms with Crippen molar-refractivity contribution in [1.82, 2.24) is 0 Å². The molecule has 0 saturated carbocycles. The summed E-state index contributed by atoms with van der Waals surface area (Å²) >= 11 is 0. The SMILES string of the molecule is CCCC(O)C(O)CCc1ccc(OCC(C)C)c(C(C)C)c1. The molecule has 1 aromatic rings. The summed E-state index contributed by atoms with van der Waals surface area (Å²) in [6.07, 6.45) is 1.64. The number of hydrogen-bond donors (Lipinski definition) is 2. The molecule has 0 radical (unpaired) electrons. The minimum Gasteiger partial charge on any atom is -0.493 e. The minimum absolute atomic E-state index is 0.396. The van der Waals surface area contributed by atoms with Gasteiger partial charge in [0.2, 0.25) is 0 Å². The second-order valence-corrected chi connectivity index (χ2v) is 7.19. The van der Waals surface area contributed by atoms with Crippen molar-refractivity contribution in [3.63, 3.8) is 0 Å². The van der Waals surface area contributed by atoms with Crippen LogP contribution in [0.5, 0.6) is 5.75 Å². The number of ether oxygens (including phenoxy) is 1. The van der Waals surface area contributed by atoms with Crippen LogP contribution in [0.1, 0.15) is 70.9 Å². The van der Waals surface area contributed by atoms with E-state index >= 15 is 0 Å². The van der Waals surface area contributed by atoms with Crippen LogP contribution in [0.25, 0.3) is 0 Å². The fraction of sp³-hybridized carbons (Fsp3) is 0.700. The van der Waals surface area contributed by atoms with Gasteiger partial charge in [-0.1, -0.05) is 53.2 Å². The lowest BCUT2D eigenvalue weighted by atomic mass is 9.96. The van der Waals surface area contributed by atoms with Crippen molar-refractivity contribution in [1.29, 1.82) is 0 Å². The lowest BCUT2D eigenvalue weighted by Gasteiger charge is -2.19. The first-order valence-corrected chi connectivity index (χ1v) is 8.96. The second kappa shape index (κ2) is 9.94. The van der Waals surface area contributed by atoms with Gasteiger partial charge in [0.1, 0.15) is 5.75 Å². The Labute approximate surface area is 141 Å². The van der Waals surface area contributed by atoms with E-state index in [1.807, 2.05) is 13.0 Å². The average Bonchev–Trinajstić information content (AvgIpc) is 2.50. The third kappa shape index (κ3) is 6.92. The number of aliphatic hydroxyl groups is 2. The molecule has 0 fully saturated rings. The fourth-order valence-corrected chi connectivity index (χ4v) is 2.59. The highest BCUT2D eigenvalue weighted by Crippen LogP contribution is 2.28. The number of aliphatic hydroxyl groups excluding tert-OH is 2. The molecule has 1 rings (SSSR count). The van der Waals surface area contributed by atoms with Gasteiger partial charge < -0.3 is 14.9 Å². The lowest BCUT2D eigenvalue weighted by Crippen LogP contribution is -2.26. The highest BCUT2D eigenvalue weighted by molar-refractivity contribution is 5.39. The van der Waals surface area contributed by atoms with E-state index in [9.17, 15) is 10.2 Å². The summed E-state index contributed by atoms with van der Waals surface area (Å²) in [5.74, 6) is 1.86. The molecule has 0 aliphatic carbocycles. The zero-order chi connectivity index (χ0) is 17.4. The molecule has 0 aliphatic rings. The van der Waals surface area contributed by atoms with Gasteiger partial charge in [-0.3, -0.25) is 0 Å². The van der Waals surface area contributed by atoms with Gasteiger partial charge in [0, 0.05) is 0 Å². The molecule has 0 spiro atoms. The summed E-state index contributed by atoms with van der Waals surface area (Å²) in [5.41, 5.74) is 2.40. The zero-order valence-electron chi connectivity index (χ0n) is 15.4. The monoisotopic (exact) mass is 322 g/mol. The van der Waals surface area contributed by atoms with Crippen LogP contribution in [-0.2, 0) is 6.42 Å². The highest BCUT2D eigenvalue weighted by Gasteiger charge is 2.16. The first kappa shape index (κ1) is 20.0. The van der Waals surface area contributed by atoms with Gasteiger partial charge in [-0.2, -0.15) is 0 Å². The maximum atomic E-state index is 10.0. The summed E-state index contributed by atoms with van der Waals surface area (Å²) in [4.78, 5) is 0. The summed E-state index contributed by atoms with van der Waals surface area (Å²) in [5, 5.41) is 19.8. The molecule has 0 aromatic heterocycles. The quantitative estimate of drug-likeness (QED) is 0.675. The van der Waals surface area contributed by atoms with Gasteiger partial charge >= 0.3 is 0 Å². The Morgan fingerprint density at radius 1 is 1.00 bits per heavy atom. The Balaban J connectivity index is 2.71. The molecule has 0 amide bonds. The van der Waals surface area contributed by atoms with Crippen LogP contribution >= 0.6 is 0 Å². The molecule has 1 aromatic carbocycles. The zero-order valence-corrected chi connectivity index (χ0v) is 15.4. The molecule has 0 aliphatic heterocycles.